The predicted molar refractivity (Wildman–Crippen MR) is 184 cm³/mol. The maximum absolute atomic E-state index is 17.3. The molecule has 3 N–H and O–H groups in total. The van der Waals surface area contributed by atoms with Crippen molar-refractivity contribution in [3.8, 4) is 23.2 Å². The van der Waals surface area contributed by atoms with Crippen molar-refractivity contribution in [2.75, 3.05) is 43.4 Å². The normalized spacial score (nSPS) is 23.6. The van der Waals surface area contributed by atoms with Gasteiger partial charge in [0.1, 0.15) is 34.4 Å². The molecule has 12 heteroatoms. The van der Waals surface area contributed by atoms with Crippen LogP contribution in [-0.4, -0.2) is 72.0 Å². The molecular weight excluding hydrogens is 636 g/mol. The van der Waals surface area contributed by atoms with Crippen molar-refractivity contribution < 1.29 is 17.9 Å². The van der Waals surface area contributed by atoms with Crippen LogP contribution in [0.25, 0.3) is 37.7 Å². The molecule has 6 heterocycles. The van der Waals surface area contributed by atoms with E-state index in [1.165, 1.54) is 12.1 Å². The molecule has 48 heavy (non-hydrogen) atoms. The molecule has 2 aromatic carbocycles. The molecule has 4 aliphatic heterocycles. The number of nitrogen functional groups attached to an aromatic ring is 1. The molecule has 2 bridgehead atoms. The highest BCUT2D eigenvalue weighted by Gasteiger charge is 2.44. The van der Waals surface area contributed by atoms with Crippen LogP contribution in [0.3, 0.4) is 0 Å². The van der Waals surface area contributed by atoms with Gasteiger partial charge in [-0.15, -0.1) is 11.3 Å². The van der Waals surface area contributed by atoms with Gasteiger partial charge in [-0.3, -0.25) is 0 Å². The number of nitrogens with one attached hydrogen (secondary N) is 1. The van der Waals surface area contributed by atoms with Crippen molar-refractivity contribution in [3.63, 3.8) is 0 Å². The van der Waals surface area contributed by atoms with Gasteiger partial charge in [-0.25, -0.2) is 13.2 Å². The Labute approximate surface area is 281 Å². The zero-order valence-electron chi connectivity index (χ0n) is 26.9. The monoisotopic (exact) mass is 673 g/mol. The van der Waals surface area contributed by atoms with Gasteiger partial charge in [0, 0.05) is 48.7 Å². The van der Waals surface area contributed by atoms with Crippen LogP contribution in [0.4, 0.5) is 24.0 Å². The number of halogens is 3. The number of hydrogen-bond donors (Lipinski definition) is 2. The van der Waals surface area contributed by atoms with Crippen LogP contribution in [0.15, 0.2) is 18.7 Å². The summed E-state index contributed by atoms with van der Waals surface area (Å²) in [5, 5.41) is 14.8. The lowest BCUT2D eigenvalue weighted by Gasteiger charge is -2.41. The molecule has 2 aromatic heterocycles. The number of alkyl halides is 1. The number of thiophene rings is 1. The Kier molecular flexibility index (Phi) is 7.97. The van der Waals surface area contributed by atoms with Crippen molar-refractivity contribution in [1.29, 1.82) is 5.26 Å². The summed E-state index contributed by atoms with van der Waals surface area (Å²) in [6.45, 7) is 9.67. The summed E-state index contributed by atoms with van der Waals surface area (Å²) >= 11 is 0.988. The minimum absolute atomic E-state index is 0.0782. The molecular formula is C36H38F3N7OS. The van der Waals surface area contributed by atoms with Crippen LogP contribution in [0, 0.1) is 29.9 Å². The molecule has 3 saturated heterocycles. The summed E-state index contributed by atoms with van der Waals surface area (Å²) in [7, 11) is 0. The molecule has 0 radical (unpaired) electrons. The molecule has 8 nitrogen and oxygen atoms in total. The number of anilines is 2. The second-order valence-electron chi connectivity index (χ2n) is 13.7. The number of fused-ring (bicyclic) bond motifs is 6. The number of nitrogens with zero attached hydrogens (tertiary/aromatic N) is 5. The lowest BCUT2D eigenvalue weighted by Crippen LogP contribution is -2.58. The van der Waals surface area contributed by atoms with Crippen LogP contribution in [0.2, 0.25) is 0 Å². The summed E-state index contributed by atoms with van der Waals surface area (Å²) in [5.41, 5.74) is 9.32. The molecule has 0 unspecified atom stereocenters. The van der Waals surface area contributed by atoms with Crippen molar-refractivity contribution in [2.24, 2.45) is 0 Å². The van der Waals surface area contributed by atoms with Crippen molar-refractivity contribution >= 4 is 48.7 Å². The number of likely N-dealkylation sites (tertiary alicyclic amines) is 1. The predicted octanol–water partition coefficient (Wildman–Crippen LogP) is 6.87. The highest BCUT2D eigenvalue weighted by Crippen LogP contribution is 2.50. The van der Waals surface area contributed by atoms with Crippen molar-refractivity contribution in [1.82, 2.24) is 20.2 Å². The first-order valence-electron chi connectivity index (χ1n) is 16.9. The minimum Gasteiger partial charge on any atom is -0.463 e. The van der Waals surface area contributed by atoms with Gasteiger partial charge in [0.25, 0.3) is 0 Å². The fourth-order valence-electron chi connectivity index (χ4n) is 8.46. The van der Waals surface area contributed by atoms with E-state index in [0.29, 0.717) is 59.8 Å². The first kappa shape index (κ1) is 31.4. The minimum atomic E-state index is -0.720. The van der Waals surface area contributed by atoms with E-state index >= 15 is 8.78 Å². The van der Waals surface area contributed by atoms with Crippen molar-refractivity contribution in [2.45, 2.75) is 76.2 Å². The summed E-state index contributed by atoms with van der Waals surface area (Å²) in [6, 6.07) is 5.68. The zero-order valence-corrected chi connectivity index (χ0v) is 27.7. The number of aromatic nitrogens is 2. The topological polar surface area (TPSA) is 103 Å². The first-order valence-corrected chi connectivity index (χ1v) is 17.7. The third-order valence-corrected chi connectivity index (χ3v) is 11.7. The second kappa shape index (κ2) is 12.2. The Hall–Kier alpha value is -3.92. The molecule has 250 valence electrons. The zero-order chi connectivity index (χ0) is 33.3. The van der Waals surface area contributed by atoms with E-state index in [0.717, 1.165) is 74.2 Å². The van der Waals surface area contributed by atoms with E-state index in [4.69, 9.17) is 20.4 Å². The maximum atomic E-state index is 17.3. The number of ether oxygens (including phenoxy) is 1. The first-order chi connectivity index (χ1) is 23.2. The number of nitriles is 1. The van der Waals surface area contributed by atoms with E-state index in [-0.39, 0.29) is 44.4 Å². The van der Waals surface area contributed by atoms with Gasteiger partial charge in [0.2, 0.25) is 0 Å². The largest absolute Gasteiger partial charge is 0.463 e. The summed E-state index contributed by atoms with van der Waals surface area (Å²) in [4.78, 5) is 14.1. The number of unbranched alkanes of at least 4 members (excludes halogenated alkanes) is 2. The Balaban J connectivity index is 1.23. The fraction of sp³-hybridized carbons (Fsp3) is 0.472. The van der Waals surface area contributed by atoms with E-state index in [9.17, 15) is 9.65 Å². The third kappa shape index (κ3) is 5.09. The SMILES string of the molecule is C=C1C[C@@H]2[C@@H]3CC[C@H](CN2c2nc(OCCCCCN4CC[C@@H](F)C4)nc4c(F)c(-c5ccc(F)c6sc(N)c(C#N)c56)c(C)c1c24)N3. The number of rotatable bonds is 8. The Morgan fingerprint density at radius 1 is 1.12 bits per heavy atom. The maximum Gasteiger partial charge on any atom is 0.319 e. The molecule has 4 atom stereocenters. The van der Waals surface area contributed by atoms with Crippen LogP contribution in [0.1, 0.15) is 61.6 Å². The summed E-state index contributed by atoms with van der Waals surface area (Å²) < 4.78 is 52.2. The average molecular weight is 674 g/mol. The quantitative estimate of drug-likeness (QED) is 0.196. The molecule has 8 rings (SSSR count). The molecule has 4 aromatic rings. The number of piperazine rings is 1. The number of hydrogen-bond acceptors (Lipinski definition) is 9. The summed E-state index contributed by atoms with van der Waals surface area (Å²) in [6.07, 6.45) is 5.27. The lowest BCUT2D eigenvalue weighted by atomic mass is 9.86. The number of benzene rings is 2. The van der Waals surface area contributed by atoms with E-state index < -0.39 is 17.8 Å². The summed E-state index contributed by atoms with van der Waals surface area (Å²) in [5.74, 6) is -0.445. The van der Waals surface area contributed by atoms with Crippen LogP contribution in [0.5, 0.6) is 6.01 Å². The molecule has 3 fully saturated rings. The van der Waals surface area contributed by atoms with Gasteiger partial charge in [-0.2, -0.15) is 15.2 Å². The number of nitrogens with two attached hydrogens (primary N) is 1. The second-order valence-corrected chi connectivity index (χ2v) is 14.7. The lowest BCUT2D eigenvalue weighted by molar-refractivity contribution is 0.264. The highest BCUT2D eigenvalue weighted by molar-refractivity contribution is 7.23. The van der Waals surface area contributed by atoms with Crippen LogP contribution < -0.4 is 20.7 Å². The van der Waals surface area contributed by atoms with Gasteiger partial charge in [-0.1, -0.05) is 12.6 Å². The van der Waals surface area contributed by atoms with Gasteiger partial charge in [-0.05, 0) is 86.7 Å². The van der Waals surface area contributed by atoms with Gasteiger partial charge in [0.15, 0.2) is 5.82 Å². The Bertz CT molecular complexity index is 2010. The van der Waals surface area contributed by atoms with Gasteiger partial charge in [0.05, 0.1) is 22.3 Å². The van der Waals surface area contributed by atoms with Gasteiger partial charge >= 0.3 is 6.01 Å². The fourth-order valence-corrected chi connectivity index (χ4v) is 9.41. The highest BCUT2D eigenvalue weighted by atomic mass is 32.1. The Morgan fingerprint density at radius 2 is 1.98 bits per heavy atom. The van der Waals surface area contributed by atoms with Crippen molar-refractivity contribution in [3.05, 3.63) is 47.0 Å². The van der Waals surface area contributed by atoms with E-state index in [1.807, 2.05) is 6.92 Å². The smallest absolute Gasteiger partial charge is 0.319 e. The molecule has 0 spiro atoms. The van der Waals surface area contributed by atoms with E-state index in [1.54, 1.807) is 0 Å². The standard InChI is InChI=1S/C36H38F3N7OS/c1-18-14-26-25-9-6-21(42-25)17-46(26)35-30-27(18)19(2)28(22-7-8-24(38)33-29(22)23(15-40)34(41)48-33)31(39)32(30)43-36(44-35)47-13-5-3-4-11-45-12-10-20(37)16-45/h7-8,20-21,25-26,42H,1,3-6,9-14,16-17,41H2,2H3/t20-,21-,25+,26-/m1/s1. The molecule has 0 saturated carbocycles. The average Bonchev–Trinajstić information content (AvgIpc) is 3.75. The molecule has 0 amide bonds. The third-order valence-electron chi connectivity index (χ3n) is 10.7. The van der Waals surface area contributed by atoms with Crippen LogP contribution >= 0.6 is 11.3 Å². The van der Waals surface area contributed by atoms with Crippen LogP contribution in [-0.2, 0) is 0 Å². The molecule has 0 aliphatic carbocycles. The van der Waals surface area contributed by atoms with Gasteiger partial charge < -0.3 is 25.6 Å². The molecule has 4 aliphatic rings. The Morgan fingerprint density at radius 3 is 2.77 bits per heavy atom. The van der Waals surface area contributed by atoms with E-state index in [2.05, 4.69) is 27.8 Å².